The summed E-state index contributed by atoms with van der Waals surface area (Å²) in [6, 6.07) is 0.804. The number of rotatable bonds is 4. The summed E-state index contributed by atoms with van der Waals surface area (Å²) in [5, 5.41) is 3.43. The molecule has 2 rings (SSSR count). The van der Waals surface area contributed by atoms with Gasteiger partial charge in [-0.15, -0.1) is 0 Å². The average Bonchev–Trinajstić information content (AvgIpc) is 3.28. The van der Waals surface area contributed by atoms with E-state index in [0.29, 0.717) is 0 Å². The molecule has 1 aliphatic carbocycles. The molecule has 2 fully saturated rings. The third-order valence-electron chi connectivity index (χ3n) is 4.15. The van der Waals surface area contributed by atoms with Gasteiger partial charge in [0.2, 0.25) is 5.91 Å². The van der Waals surface area contributed by atoms with Crippen LogP contribution in [0.2, 0.25) is 0 Å². The Morgan fingerprint density at radius 1 is 1.25 bits per heavy atom. The van der Waals surface area contributed by atoms with Crippen LogP contribution in [0.1, 0.15) is 19.8 Å². The third kappa shape index (κ3) is 4.10. The van der Waals surface area contributed by atoms with E-state index in [9.17, 15) is 4.79 Å². The fraction of sp³-hybridized carbons (Fsp3) is 0.857. The van der Waals surface area contributed by atoms with Crippen molar-refractivity contribution in [3.8, 4) is 0 Å². The fourth-order valence-corrected chi connectivity index (χ4v) is 2.61. The van der Waals surface area contributed by atoms with Gasteiger partial charge in [-0.05, 0) is 19.9 Å². The molecule has 0 unspecified atom stereocenters. The van der Waals surface area contributed by atoms with Gasteiger partial charge in [0.05, 0.1) is 0 Å². The second-order valence-electron chi connectivity index (χ2n) is 5.68. The first-order chi connectivity index (χ1) is 9.61. The van der Waals surface area contributed by atoms with Gasteiger partial charge in [0, 0.05) is 59.3 Å². The lowest BCUT2D eigenvalue weighted by atomic mass is 10.3. The molecule has 20 heavy (non-hydrogen) atoms. The normalized spacial score (nSPS) is 20.5. The Labute approximate surface area is 121 Å². The Balaban J connectivity index is 1.70. The number of guanidine groups is 1. The molecule has 1 N–H and O–H groups in total. The van der Waals surface area contributed by atoms with Crippen LogP contribution in [0.5, 0.6) is 0 Å². The van der Waals surface area contributed by atoms with E-state index >= 15 is 0 Å². The van der Waals surface area contributed by atoms with Crippen molar-refractivity contribution in [3.05, 3.63) is 0 Å². The van der Waals surface area contributed by atoms with Crippen molar-refractivity contribution in [3.63, 3.8) is 0 Å². The molecule has 2 aliphatic rings. The molecule has 1 amide bonds. The third-order valence-corrected chi connectivity index (χ3v) is 4.15. The van der Waals surface area contributed by atoms with Crippen LogP contribution >= 0.6 is 0 Å². The molecule has 0 bridgehead atoms. The van der Waals surface area contributed by atoms with Crippen LogP contribution in [0.3, 0.4) is 0 Å². The first-order valence-electron chi connectivity index (χ1n) is 7.53. The summed E-state index contributed by atoms with van der Waals surface area (Å²) in [4.78, 5) is 22.2. The average molecular weight is 281 g/mol. The fourth-order valence-electron chi connectivity index (χ4n) is 2.61. The van der Waals surface area contributed by atoms with E-state index in [1.807, 2.05) is 11.9 Å². The maximum absolute atomic E-state index is 11.3. The minimum atomic E-state index is 0.165. The second-order valence-corrected chi connectivity index (χ2v) is 5.68. The quantitative estimate of drug-likeness (QED) is 0.574. The van der Waals surface area contributed by atoms with Gasteiger partial charge in [-0.2, -0.15) is 0 Å². The highest BCUT2D eigenvalue weighted by Gasteiger charge is 2.26. The number of nitrogens with zero attached hydrogens (tertiary/aromatic N) is 4. The van der Waals surface area contributed by atoms with Gasteiger partial charge in [-0.3, -0.25) is 9.79 Å². The second kappa shape index (κ2) is 6.92. The van der Waals surface area contributed by atoms with E-state index in [2.05, 4.69) is 27.2 Å². The van der Waals surface area contributed by atoms with Crippen molar-refractivity contribution in [2.45, 2.75) is 25.8 Å². The lowest BCUT2D eigenvalue weighted by Crippen LogP contribution is -2.54. The summed E-state index contributed by atoms with van der Waals surface area (Å²) in [6.45, 7) is 6.91. The zero-order chi connectivity index (χ0) is 14.5. The standard InChI is InChI=1S/C14H27N5O/c1-12(20)18-8-10-19(11-9-18)14(15-2)16-6-7-17(3)13-4-5-13/h13H,4-11H2,1-3H3,(H,15,16). The summed E-state index contributed by atoms with van der Waals surface area (Å²) in [5.74, 6) is 1.12. The van der Waals surface area contributed by atoms with E-state index < -0.39 is 0 Å². The monoisotopic (exact) mass is 281 g/mol. The molecule has 0 radical (unpaired) electrons. The number of likely N-dealkylation sites (N-methyl/N-ethyl adjacent to an activating group) is 1. The van der Waals surface area contributed by atoms with Crippen molar-refractivity contribution in [2.75, 3.05) is 53.4 Å². The smallest absolute Gasteiger partial charge is 0.219 e. The van der Waals surface area contributed by atoms with Crippen LogP contribution in [-0.2, 0) is 4.79 Å². The lowest BCUT2D eigenvalue weighted by molar-refractivity contribution is -0.130. The van der Waals surface area contributed by atoms with E-state index in [1.165, 1.54) is 12.8 Å². The number of carbonyl (C=O) groups is 1. The van der Waals surface area contributed by atoms with Crippen LogP contribution in [0.15, 0.2) is 4.99 Å². The zero-order valence-corrected chi connectivity index (χ0v) is 12.9. The number of aliphatic imine (C=N–C) groups is 1. The number of hydrogen-bond acceptors (Lipinski definition) is 3. The van der Waals surface area contributed by atoms with Crippen molar-refractivity contribution in [2.24, 2.45) is 4.99 Å². The van der Waals surface area contributed by atoms with Crippen molar-refractivity contribution in [1.82, 2.24) is 20.0 Å². The molecule has 114 valence electrons. The molecule has 0 aromatic rings. The van der Waals surface area contributed by atoms with Crippen molar-refractivity contribution in [1.29, 1.82) is 0 Å². The number of hydrogen-bond donors (Lipinski definition) is 1. The molecule has 6 nitrogen and oxygen atoms in total. The Morgan fingerprint density at radius 2 is 1.85 bits per heavy atom. The lowest BCUT2D eigenvalue weighted by Gasteiger charge is -2.36. The van der Waals surface area contributed by atoms with Crippen LogP contribution in [0.25, 0.3) is 0 Å². The van der Waals surface area contributed by atoms with E-state index in [0.717, 1.165) is 51.3 Å². The molecule has 0 aromatic carbocycles. The van der Waals surface area contributed by atoms with Gasteiger partial charge < -0.3 is 20.0 Å². The summed E-state index contributed by atoms with van der Waals surface area (Å²) in [6.07, 6.45) is 2.69. The molecule has 1 aliphatic heterocycles. The van der Waals surface area contributed by atoms with Crippen LogP contribution in [0, 0.1) is 0 Å². The topological polar surface area (TPSA) is 51.2 Å². The van der Waals surface area contributed by atoms with E-state index in [-0.39, 0.29) is 5.91 Å². The first kappa shape index (κ1) is 15.1. The van der Waals surface area contributed by atoms with Gasteiger partial charge in [0.15, 0.2) is 5.96 Å². The molecule has 0 aromatic heterocycles. The number of amides is 1. The molecular formula is C14H27N5O. The maximum atomic E-state index is 11.3. The first-order valence-corrected chi connectivity index (χ1v) is 7.53. The van der Waals surface area contributed by atoms with E-state index in [4.69, 9.17) is 0 Å². The minimum absolute atomic E-state index is 0.165. The Morgan fingerprint density at radius 3 is 2.35 bits per heavy atom. The van der Waals surface area contributed by atoms with Gasteiger partial charge in [0.25, 0.3) is 0 Å². The number of carbonyl (C=O) groups excluding carboxylic acids is 1. The van der Waals surface area contributed by atoms with Gasteiger partial charge >= 0.3 is 0 Å². The van der Waals surface area contributed by atoms with Crippen LogP contribution < -0.4 is 5.32 Å². The van der Waals surface area contributed by atoms with Crippen LogP contribution in [-0.4, -0.2) is 86.0 Å². The maximum Gasteiger partial charge on any atom is 0.219 e. The molecule has 1 saturated carbocycles. The molecular weight excluding hydrogens is 254 g/mol. The predicted octanol–water partition coefficient (Wildman–Crippen LogP) is -0.180. The highest BCUT2D eigenvalue weighted by molar-refractivity contribution is 5.80. The Kier molecular flexibility index (Phi) is 5.23. The van der Waals surface area contributed by atoms with Crippen LogP contribution in [0.4, 0.5) is 0 Å². The minimum Gasteiger partial charge on any atom is -0.355 e. The Hall–Kier alpha value is -1.30. The van der Waals surface area contributed by atoms with Gasteiger partial charge in [-0.25, -0.2) is 0 Å². The molecule has 1 saturated heterocycles. The predicted molar refractivity (Wildman–Crippen MR) is 80.8 cm³/mol. The summed E-state index contributed by atoms with van der Waals surface area (Å²) >= 11 is 0. The van der Waals surface area contributed by atoms with Gasteiger partial charge in [-0.1, -0.05) is 0 Å². The van der Waals surface area contributed by atoms with Gasteiger partial charge in [0.1, 0.15) is 0 Å². The molecule has 0 atom stereocenters. The Bertz CT molecular complexity index is 359. The number of piperazine rings is 1. The highest BCUT2D eigenvalue weighted by Crippen LogP contribution is 2.24. The largest absolute Gasteiger partial charge is 0.355 e. The highest BCUT2D eigenvalue weighted by atomic mass is 16.2. The molecule has 6 heteroatoms. The molecule has 1 heterocycles. The van der Waals surface area contributed by atoms with Crippen molar-refractivity contribution >= 4 is 11.9 Å². The zero-order valence-electron chi connectivity index (χ0n) is 12.9. The SMILES string of the molecule is CN=C(NCCN(C)C1CC1)N1CCN(C(C)=O)CC1. The summed E-state index contributed by atoms with van der Waals surface area (Å²) in [5.41, 5.74) is 0. The summed E-state index contributed by atoms with van der Waals surface area (Å²) in [7, 11) is 4.01. The number of nitrogens with one attached hydrogen (secondary N) is 1. The summed E-state index contributed by atoms with van der Waals surface area (Å²) < 4.78 is 0. The van der Waals surface area contributed by atoms with Crippen molar-refractivity contribution < 1.29 is 4.79 Å². The van der Waals surface area contributed by atoms with E-state index in [1.54, 1.807) is 6.92 Å². The molecule has 0 spiro atoms.